The Morgan fingerprint density at radius 2 is 2.04 bits per heavy atom. The van der Waals surface area contributed by atoms with E-state index in [9.17, 15) is 0 Å². The first-order valence-corrected chi connectivity index (χ1v) is 8.86. The highest BCUT2D eigenvalue weighted by Crippen LogP contribution is 2.26. The van der Waals surface area contributed by atoms with Crippen LogP contribution in [0.2, 0.25) is 0 Å². The van der Waals surface area contributed by atoms with Gasteiger partial charge >= 0.3 is 0 Å². The zero-order chi connectivity index (χ0) is 17.7. The summed E-state index contributed by atoms with van der Waals surface area (Å²) >= 11 is 0. The van der Waals surface area contributed by atoms with E-state index in [0.29, 0.717) is 6.04 Å². The summed E-state index contributed by atoms with van der Waals surface area (Å²) in [5.74, 6) is 1.89. The zero-order valence-electron chi connectivity index (χ0n) is 14.9. The van der Waals surface area contributed by atoms with Crippen LogP contribution >= 0.6 is 0 Å². The predicted molar refractivity (Wildman–Crippen MR) is 97.3 cm³/mol. The van der Waals surface area contributed by atoms with Crippen molar-refractivity contribution in [2.75, 3.05) is 43.5 Å². The molecule has 5 rings (SSSR count). The van der Waals surface area contributed by atoms with Crippen molar-refractivity contribution in [2.24, 2.45) is 0 Å². The third-order valence-corrected chi connectivity index (χ3v) is 5.36. The van der Waals surface area contributed by atoms with Gasteiger partial charge < -0.3 is 14.7 Å². The summed E-state index contributed by atoms with van der Waals surface area (Å²) in [4.78, 5) is 6.81. The minimum atomic E-state index is 0.405. The van der Waals surface area contributed by atoms with E-state index in [1.165, 1.54) is 5.56 Å². The van der Waals surface area contributed by atoms with Crippen LogP contribution in [0.25, 0.3) is 5.65 Å². The molecule has 0 aliphatic carbocycles. The molecule has 1 saturated heterocycles. The molecule has 0 atom stereocenters. The maximum absolute atomic E-state index is 4.56. The highest BCUT2D eigenvalue weighted by molar-refractivity contribution is 5.51. The van der Waals surface area contributed by atoms with Gasteiger partial charge in [-0.15, -0.1) is 20.4 Å². The minimum Gasteiger partial charge on any atom is -0.352 e. The quantitative estimate of drug-likeness (QED) is 0.663. The summed E-state index contributed by atoms with van der Waals surface area (Å²) in [7, 11) is 4.25. The standard InChI is InChI=1S/C17H21N9/c1-23-6-5-14-12(8-23)7-17(21-19-14)24(2)13-9-25(10-13)16-4-3-15-20-18-11-26(15)22-16/h3-4,7,11,13H,5-6,8-10H2,1-2H3. The average Bonchev–Trinajstić information content (AvgIpc) is 3.07. The summed E-state index contributed by atoms with van der Waals surface area (Å²) < 4.78 is 1.71. The van der Waals surface area contributed by atoms with E-state index < -0.39 is 0 Å². The summed E-state index contributed by atoms with van der Waals surface area (Å²) in [6.45, 7) is 3.83. The molecule has 3 aromatic rings. The molecule has 26 heavy (non-hydrogen) atoms. The maximum atomic E-state index is 4.56. The lowest BCUT2D eigenvalue weighted by atomic mass is 10.1. The summed E-state index contributed by atoms with van der Waals surface area (Å²) in [5, 5.41) is 21.3. The molecule has 0 amide bonds. The van der Waals surface area contributed by atoms with E-state index in [1.54, 1.807) is 10.8 Å². The van der Waals surface area contributed by atoms with Crippen molar-refractivity contribution < 1.29 is 0 Å². The van der Waals surface area contributed by atoms with Gasteiger partial charge in [-0.25, -0.2) is 0 Å². The first-order valence-electron chi connectivity index (χ1n) is 8.86. The molecule has 5 heterocycles. The normalized spacial score (nSPS) is 18.0. The second-order valence-electron chi connectivity index (χ2n) is 7.16. The van der Waals surface area contributed by atoms with Gasteiger partial charge in [0.25, 0.3) is 0 Å². The first-order chi connectivity index (χ1) is 12.7. The molecule has 0 spiro atoms. The molecule has 0 unspecified atom stereocenters. The molecule has 9 heteroatoms. The van der Waals surface area contributed by atoms with Crippen LogP contribution < -0.4 is 9.80 Å². The van der Waals surface area contributed by atoms with Gasteiger partial charge in [0, 0.05) is 39.6 Å². The van der Waals surface area contributed by atoms with Gasteiger partial charge in [-0.05, 0) is 30.8 Å². The van der Waals surface area contributed by atoms with Crippen LogP contribution in [0.4, 0.5) is 11.6 Å². The number of rotatable bonds is 3. The smallest absolute Gasteiger partial charge is 0.177 e. The monoisotopic (exact) mass is 351 g/mol. The molecule has 3 aromatic heterocycles. The van der Waals surface area contributed by atoms with Gasteiger partial charge in [0.15, 0.2) is 11.5 Å². The van der Waals surface area contributed by atoms with Crippen molar-refractivity contribution in [2.45, 2.75) is 19.0 Å². The van der Waals surface area contributed by atoms with Crippen molar-refractivity contribution in [1.29, 1.82) is 0 Å². The van der Waals surface area contributed by atoms with Crippen LogP contribution in [0, 0.1) is 0 Å². The Morgan fingerprint density at radius 3 is 2.92 bits per heavy atom. The highest BCUT2D eigenvalue weighted by Gasteiger charge is 2.32. The topological polar surface area (TPSA) is 78.6 Å². The van der Waals surface area contributed by atoms with Crippen LogP contribution in [-0.2, 0) is 13.0 Å². The minimum absolute atomic E-state index is 0.405. The molecule has 134 valence electrons. The van der Waals surface area contributed by atoms with E-state index in [1.807, 2.05) is 12.1 Å². The number of likely N-dealkylation sites (N-methyl/N-ethyl adjacent to an activating group) is 2. The van der Waals surface area contributed by atoms with Crippen LogP contribution in [0.15, 0.2) is 24.5 Å². The van der Waals surface area contributed by atoms with Crippen LogP contribution in [0.3, 0.4) is 0 Å². The van der Waals surface area contributed by atoms with Gasteiger partial charge in [-0.3, -0.25) is 0 Å². The Hall–Kier alpha value is -2.81. The summed E-state index contributed by atoms with van der Waals surface area (Å²) in [5.41, 5.74) is 3.20. The van der Waals surface area contributed by atoms with Crippen molar-refractivity contribution in [1.82, 2.24) is 34.9 Å². The number of hydrogen-bond acceptors (Lipinski definition) is 8. The molecule has 2 aliphatic rings. The zero-order valence-corrected chi connectivity index (χ0v) is 14.9. The fourth-order valence-corrected chi connectivity index (χ4v) is 3.59. The number of aromatic nitrogens is 6. The largest absolute Gasteiger partial charge is 0.352 e. The molecule has 0 saturated carbocycles. The second-order valence-corrected chi connectivity index (χ2v) is 7.16. The van der Waals surface area contributed by atoms with Gasteiger partial charge in [-0.1, -0.05) is 0 Å². The maximum Gasteiger partial charge on any atom is 0.177 e. The van der Waals surface area contributed by atoms with E-state index >= 15 is 0 Å². The first kappa shape index (κ1) is 15.4. The van der Waals surface area contributed by atoms with Crippen molar-refractivity contribution in [3.63, 3.8) is 0 Å². The van der Waals surface area contributed by atoms with E-state index in [0.717, 1.165) is 55.6 Å². The van der Waals surface area contributed by atoms with Crippen LogP contribution in [-0.4, -0.2) is 74.7 Å². The molecular formula is C17H21N9. The Balaban J connectivity index is 1.29. The lowest BCUT2D eigenvalue weighted by molar-refractivity contribution is 0.308. The second kappa shape index (κ2) is 5.87. The van der Waals surface area contributed by atoms with Crippen molar-refractivity contribution in [3.8, 4) is 0 Å². The van der Waals surface area contributed by atoms with E-state index in [4.69, 9.17) is 0 Å². The third kappa shape index (κ3) is 2.55. The average molecular weight is 351 g/mol. The van der Waals surface area contributed by atoms with E-state index in [2.05, 4.69) is 60.4 Å². The lowest BCUT2D eigenvalue weighted by Gasteiger charge is -2.44. The molecular weight excluding hydrogens is 330 g/mol. The third-order valence-electron chi connectivity index (χ3n) is 5.36. The fourth-order valence-electron chi connectivity index (χ4n) is 3.59. The van der Waals surface area contributed by atoms with Gasteiger partial charge in [-0.2, -0.15) is 9.61 Å². The molecule has 9 nitrogen and oxygen atoms in total. The lowest BCUT2D eigenvalue weighted by Crippen LogP contribution is -2.59. The predicted octanol–water partition coefficient (Wildman–Crippen LogP) is 0.227. The molecule has 0 bridgehead atoms. The van der Waals surface area contributed by atoms with Crippen LogP contribution in [0.1, 0.15) is 11.3 Å². The molecule has 2 aliphatic heterocycles. The Morgan fingerprint density at radius 1 is 1.15 bits per heavy atom. The molecule has 0 aromatic carbocycles. The van der Waals surface area contributed by atoms with Crippen molar-refractivity contribution in [3.05, 3.63) is 35.8 Å². The van der Waals surface area contributed by atoms with Gasteiger partial charge in [0.05, 0.1) is 11.7 Å². The molecule has 0 N–H and O–H groups in total. The summed E-state index contributed by atoms with van der Waals surface area (Å²) in [6, 6.07) is 6.54. The van der Waals surface area contributed by atoms with E-state index in [-0.39, 0.29) is 0 Å². The van der Waals surface area contributed by atoms with Gasteiger partial charge in [0.1, 0.15) is 12.1 Å². The summed E-state index contributed by atoms with van der Waals surface area (Å²) in [6.07, 6.45) is 2.61. The number of fused-ring (bicyclic) bond motifs is 2. The number of anilines is 2. The Labute approximate surface area is 151 Å². The molecule has 1 fully saturated rings. The number of hydrogen-bond donors (Lipinski definition) is 0. The molecule has 0 radical (unpaired) electrons. The Bertz CT molecular complexity index is 946. The SMILES string of the molecule is CN1CCc2nnc(N(C)C3CN(c4ccc5nncn5n4)C3)cc2C1. The number of nitrogens with zero attached hydrogens (tertiary/aromatic N) is 9. The highest BCUT2D eigenvalue weighted by atomic mass is 15.4. The Kier molecular flexibility index (Phi) is 3.49. The van der Waals surface area contributed by atoms with Crippen LogP contribution in [0.5, 0.6) is 0 Å². The van der Waals surface area contributed by atoms with Gasteiger partial charge in [0.2, 0.25) is 0 Å². The van der Waals surface area contributed by atoms with Crippen molar-refractivity contribution >= 4 is 17.3 Å². The fraction of sp³-hybridized carbons (Fsp3) is 0.471.